The number of rotatable bonds is 3. The Hall–Kier alpha value is -2.29. The quantitative estimate of drug-likeness (QED) is 0.829. The van der Waals surface area contributed by atoms with Crippen LogP contribution in [0, 0.1) is 5.92 Å². The molecule has 1 atom stereocenters. The smallest absolute Gasteiger partial charge is 0.378 e. The number of benzene rings is 1. The number of amides is 3. The van der Waals surface area contributed by atoms with Gasteiger partial charge in [0.05, 0.1) is 24.8 Å². The van der Waals surface area contributed by atoms with Crippen LogP contribution in [0.2, 0.25) is 0 Å². The van der Waals surface area contributed by atoms with Crippen molar-refractivity contribution in [1.82, 2.24) is 15.1 Å². The van der Waals surface area contributed by atoms with Crippen molar-refractivity contribution in [3.8, 4) is 0 Å². The van der Waals surface area contributed by atoms with Gasteiger partial charge in [0.25, 0.3) is 0 Å². The van der Waals surface area contributed by atoms with Crippen molar-refractivity contribution in [3.05, 3.63) is 35.4 Å². The molecule has 0 spiro atoms. The van der Waals surface area contributed by atoms with Crippen LogP contribution in [0.5, 0.6) is 0 Å². The van der Waals surface area contributed by atoms with E-state index in [9.17, 15) is 22.8 Å². The standard InChI is InChI=1S/C20H26F3N3O3/c1-14(16-3-2-4-17(13-16)20(21,22)23)24-19(28)26-7-5-15(6-8-26)18(27)25-9-11-29-12-10-25/h2-4,13-15H,5-12H2,1H3,(H,24,28). The fourth-order valence-corrected chi connectivity index (χ4v) is 3.72. The van der Waals surface area contributed by atoms with Crippen LogP contribution in [0.25, 0.3) is 0 Å². The highest BCUT2D eigenvalue weighted by Crippen LogP contribution is 2.30. The molecule has 0 saturated carbocycles. The molecule has 0 radical (unpaired) electrons. The molecular formula is C20H26F3N3O3. The van der Waals surface area contributed by atoms with Crippen molar-refractivity contribution in [3.63, 3.8) is 0 Å². The minimum absolute atomic E-state index is 0.0990. The SMILES string of the molecule is CC(NC(=O)N1CCC(C(=O)N2CCOCC2)CC1)c1cccc(C(F)(F)F)c1. The maximum Gasteiger partial charge on any atom is 0.416 e. The normalized spacial score (nSPS) is 19.7. The molecular weight excluding hydrogens is 387 g/mol. The first kappa shape index (κ1) is 21.4. The fourth-order valence-electron chi connectivity index (χ4n) is 3.72. The van der Waals surface area contributed by atoms with Crippen LogP contribution in [0.3, 0.4) is 0 Å². The number of morpholine rings is 1. The summed E-state index contributed by atoms with van der Waals surface area (Å²) < 4.78 is 43.9. The average molecular weight is 413 g/mol. The Labute approximate surface area is 168 Å². The van der Waals surface area contributed by atoms with Crippen molar-refractivity contribution < 1.29 is 27.5 Å². The predicted molar refractivity (Wildman–Crippen MR) is 100 cm³/mol. The lowest BCUT2D eigenvalue weighted by Crippen LogP contribution is -2.49. The van der Waals surface area contributed by atoms with Crippen LogP contribution in [0.4, 0.5) is 18.0 Å². The summed E-state index contributed by atoms with van der Waals surface area (Å²) in [6, 6.07) is 4.08. The maximum absolute atomic E-state index is 12.9. The number of hydrogen-bond acceptors (Lipinski definition) is 3. The molecule has 1 aromatic rings. The van der Waals surface area contributed by atoms with Crippen LogP contribution in [0.1, 0.15) is 36.9 Å². The Balaban J connectivity index is 1.51. The zero-order valence-electron chi connectivity index (χ0n) is 16.4. The molecule has 29 heavy (non-hydrogen) atoms. The zero-order chi connectivity index (χ0) is 21.0. The third-order valence-corrected chi connectivity index (χ3v) is 5.51. The highest BCUT2D eigenvalue weighted by atomic mass is 19.4. The van der Waals surface area contributed by atoms with Gasteiger partial charge in [-0.3, -0.25) is 4.79 Å². The molecule has 2 aliphatic rings. The molecule has 3 amide bonds. The van der Waals surface area contributed by atoms with E-state index in [0.29, 0.717) is 57.8 Å². The Kier molecular flexibility index (Phi) is 6.66. The highest BCUT2D eigenvalue weighted by Gasteiger charge is 2.32. The Bertz CT molecular complexity index is 727. The lowest BCUT2D eigenvalue weighted by molar-refractivity contribution is -0.141. The Morgan fingerprint density at radius 3 is 2.38 bits per heavy atom. The van der Waals surface area contributed by atoms with Gasteiger partial charge in [-0.05, 0) is 37.5 Å². The van der Waals surface area contributed by atoms with Gasteiger partial charge in [-0.1, -0.05) is 12.1 Å². The molecule has 0 aromatic heterocycles. The third kappa shape index (κ3) is 5.41. The van der Waals surface area contributed by atoms with Crippen molar-refractivity contribution >= 4 is 11.9 Å². The molecule has 1 unspecified atom stereocenters. The minimum atomic E-state index is -4.42. The van der Waals surface area contributed by atoms with Crippen LogP contribution >= 0.6 is 0 Å². The van der Waals surface area contributed by atoms with Gasteiger partial charge >= 0.3 is 12.2 Å². The molecule has 6 nitrogen and oxygen atoms in total. The lowest BCUT2D eigenvalue weighted by Gasteiger charge is -2.36. The number of carbonyl (C=O) groups is 2. The second-order valence-electron chi connectivity index (χ2n) is 7.49. The Morgan fingerprint density at radius 2 is 1.76 bits per heavy atom. The van der Waals surface area contributed by atoms with Crippen molar-refractivity contribution in [1.29, 1.82) is 0 Å². The predicted octanol–water partition coefficient (Wildman–Crippen LogP) is 3.05. The molecule has 2 aliphatic heterocycles. The fraction of sp³-hybridized carbons (Fsp3) is 0.600. The van der Waals surface area contributed by atoms with Gasteiger partial charge in [0, 0.05) is 32.1 Å². The largest absolute Gasteiger partial charge is 0.416 e. The van der Waals surface area contributed by atoms with Gasteiger partial charge < -0.3 is 19.9 Å². The van der Waals surface area contributed by atoms with Crippen molar-refractivity contribution in [2.45, 2.75) is 32.0 Å². The number of ether oxygens (including phenoxy) is 1. The number of likely N-dealkylation sites (tertiary alicyclic amines) is 1. The molecule has 1 N–H and O–H groups in total. The molecule has 1 aromatic carbocycles. The molecule has 2 heterocycles. The van der Waals surface area contributed by atoms with E-state index in [1.165, 1.54) is 6.07 Å². The summed E-state index contributed by atoms with van der Waals surface area (Å²) in [6.07, 6.45) is -3.25. The van der Waals surface area contributed by atoms with Gasteiger partial charge in [-0.15, -0.1) is 0 Å². The van der Waals surface area contributed by atoms with Crippen LogP contribution in [-0.2, 0) is 15.7 Å². The molecule has 0 aliphatic carbocycles. The first-order valence-electron chi connectivity index (χ1n) is 9.85. The summed E-state index contributed by atoms with van der Waals surface area (Å²) in [4.78, 5) is 28.5. The van der Waals surface area contributed by atoms with Crippen LogP contribution in [0.15, 0.2) is 24.3 Å². The molecule has 2 fully saturated rings. The molecule has 3 rings (SSSR count). The molecule has 2 saturated heterocycles. The van der Waals surface area contributed by atoms with Crippen molar-refractivity contribution in [2.24, 2.45) is 5.92 Å². The number of urea groups is 1. The zero-order valence-corrected chi connectivity index (χ0v) is 16.4. The summed E-state index contributed by atoms with van der Waals surface area (Å²) >= 11 is 0. The summed E-state index contributed by atoms with van der Waals surface area (Å²) in [5.41, 5.74) is -0.343. The number of carbonyl (C=O) groups excluding carboxylic acids is 2. The van der Waals surface area contributed by atoms with Gasteiger partial charge in [0.15, 0.2) is 0 Å². The van der Waals surface area contributed by atoms with Gasteiger partial charge in [-0.2, -0.15) is 13.2 Å². The number of nitrogens with zero attached hydrogens (tertiary/aromatic N) is 2. The van der Waals surface area contributed by atoms with Crippen LogP contribution in [-0.4, -0.2) is 61.1 Å². The van der Waals surface area contributed by atoms with E-state index in [1.807, 2.05) is 4.90 Å². The summed E-state index contributed by atoms with van der Waals surface area (Å²) in [5.74, 6) is 0.0173. The van der Waals surface area contributed by atoms with Crippen molar-refractivity contribution in [2.75, 3.05) is 39.4 Å². The second-order valence-corrected chi connectivity index (χ2v) is 7.49. The highest BCUT2D eigenvalue weighted by molar-refractivity contribution is 5.80. The molecule has 0 bridgehead atoms. The minimum Gasteiger partial charge on any atom is -0.378 e. The van der Waals surface area contributed by atoms with E-state index >= 15 is 0 Å². The number of piperidine rings is 1. The number of nitrogens with one attached hydrogen (secondary N) is 1. The molecule has 160 valence electrons. The van der Waals surface area contributed by atoms with Gasteiger partial charge in [-0.25, -0.2) is 4.79 Å². The van der Waals surface area contributed by atoms with E-state index in [0.717, 1.165) is 12.1 Å². The number of hydrogen-bond donors (Lipinski definition) is 1. The molecule has 9 heteroatoms. The topological polar surface area (TPSA) is 61.9 Å². The second kappa shape index (κ2) is 9.02. The third-order valence-electron chi connectivity index (χ3n) is 5.51. The Morgan fingerprint density at radius 1 is 1.10 bits per heavy atom. The first-order valence-corrected chi connectivity index (χ1v) is 9.85. The summed E-state index contributed by atoms with van der Waals surface area (Å²) in [7, 11) is 0. The van der Waals surface area contributed by atoms with Crippen LogP contribution < -0.4 is 5.32 Å². The number of alkyl halides is 3. The van der Waals surface area contributed by atoms with E-state index in [1.54, 1.807) is 17.9 Å². The lowest BCUT2D eigenvalue weighted by atomic mass is 9.95. The monoisotopic (exact) mass is 413 g/mol. The van der Waals surface area contributed by atoms with E-state index < -0.39 is 17.8 Å². The number of halogens is 3. The van der Waals surface area contributed by atoms with E-state index in [-0.39, 0.29) is 17.9 Å². The van der Waals surface area contributed by atoms with E-state index in [4.69, 9.17) is 4.74 Å². The average Bonchev–Trinajstić information content (AvgIpc) is 2.73. The summed E-state index contributed by atoms with van der Waals surface area (Å²) in [5, 5.41) is 2.76. The van der Waals surface area contributed by atoms with E-state index in [2.05, 4.69) is 5.32 Å². The summed E-state index contributed by atoms with van der Waals surface area (Å²) in [6.45, 7) is 4.87. The maximum atomic E-state index is 12.9. The first-order chi connectivity index (χ1) is 13.8. The van der Waals surface area contributed by atoms with Gasteiger partial charge in [0.1, 0.15) is 0 Å². The van der Waals surface area contributed by atoms with Gasteiger partial charge in [0.2, 0.25) is 5.91 Å².